The number of amidine groups is 1. The average molecular weight is 472 g/mol. The summed E-state index contributed by atoms with van der Waals surface area (Å²) >= 11 is 4.87. The molecule has 0 heterocycles. The summed E-state index contributed by atoms with van der Waals surface area (Å²) in [6.07, 6.45) is 1.60. The lowest BCUT2D eigenvalue weighted by Gasteiger charge is -2.09. The Morgan fingerprint density at radius 1 is 1.03 bits per heavy atom. The number of benzene rings is 3. The Morgan fingerprint density at radius 3 is 2.55 bits per heavy atom. The molecule has 0 amide bonds. The minimum absolute atomic E-state index is 0.272. The van der Waals surface area contributed by atoms with E-state index in [2.05, 4.69) is 26.1 Å². The Bertz CT molecular complexity index is 995. The van der Waals surface area contributed by atoms with Crippen LogP contribution < -0.4 is 10.5 Å². The van der Waals surface area contributed by atoms with Crippen LogP contribution in [-0.2, 0) is 12.4 Å². The molecule has 0 unspecified atom stereocenters. The molecular formula is C22H19BrFN3OS. The van der Waals surface area contributed by atoms with Gasteiger partial charge in [-0.3, -0.25) is 0 Å². The summed E-state index contributed by atoms with van der Waals surface area (Å²) in [6.45, 7) is 0.321. The maximum absolute atomic E-state index is 13.0. The fourth-order valence-corrected chi connectivity index (χ4v) is 3.39. The molecule has 29 heavy (non-hydrogen) atoms. The molecule has 0 saturated carbocycles. The highest BCUT2D eigenvalue weighted by Gasteiger charge is 2.04. The van der Waals surface area contributed by atoms with Gasteiger partial charge in [-0.25, -0.2) is 4.39 Å². The fourth-order valence-electron chi connectivity index (χ4n) is 2.40. The van der Waals surface area contributed by atoms with Crippen molar-refractivity contribution in [2.75, 3.05) is 0 Å². The molecule has 0 spiro atoms. The largest absolute Gasteiger partial charge is 0.488 e. The first-order valence-electron chi connectivity index (χ1n) is 8.80. The van der Waals surface area contributed by atoms with E-state index in [0.717, 1.165) is 21.4 Å². The van der Waals surface area contributed by atoms with Gasteiger partial charge in [-0.2, -0.15) is 5.10 Å². The van der Waals surface area contributed by atoms with Crippen molar-refractivity contribution in [1.82, 2.24) is 0 Å². The molecule has 0 aliphatic carbocycles. The van der Waals surface area contributed by atoms with E-state index in [-0.39, 0.29) is 5.82 Å². The molecule has 0 aliphatic rings. The van der Waals surface area contributed by atoms with Crippen LogP contribution in [0, 0.1) is 5.82 Å². The van der Waals surface area contributed by atoms with Crippen LogP contribution in [0.15, 0.2) is 87.5 Å². The van der Waals surface area contributed by atoms with E-state index in [0.29, 0.717) is 17.5 Å². The molecule has 0 saturated heterocycles. The van der Waals surface area contributed by atoms with Crippen molar-refractivity contribution in [2.45, 2.75) is 12.4 Å². The maximum atomic E-state index is 13.0. The Morgan fingerprint density at radius 2 is 1.79 bits per heavy atom. The summed E-state index contributed by atoms with van der Waals surface area (Å²) < 4.78 is 19.8. The first-order chi connectivity index (χ1) is 14.1. The second-order valence-electron chi connectivity index (χ2n) is 6.05. The van der Waals surface area contributed by atoms with E-state index in [1.54, 1.807) is 18.3 Å². The second kappa shape index (κ2) is 10.8. The van der Waals surface area contributed by atoms with Gasteiger partial charge in [0.05, 0.1) is 6.21 Å². The Kier molecular flexibility index (Phi) is 7.84. The smallest absolute Gasteiger partial charge is 0.180 e. The van der Waals surface area contributed by atoms with Crippen molar-refractivity contribution < 1.29 is 9.13 Å². The van der Waals surface area contributed by atoms with Crippen LogP contribution in [0.1, 0.15) is 16.7 Å². The van der Waals surface area contributed by atoms with Gasteiger partial charge in [0.15, 0.2) is 5.17 Å². The van der Waals surface area contributed by atoms with Crippen molar-refractivity contribution in [3.63, 3.8) is 0 Å². The summed E-state index contributed by atoms with van der Waals surface area (Å²) in [4.78, 5) is 0. The van der Waals surface area contributed by atoms with Crippen LogP contribution in [0.25, 0.3) is 0 Å². The number of nitrogens with zero attached hydrogens (tertiary/aromatic N) is 2. The van der Waals surface area contributed by atoms with Crippen LogP contribution in [0.5, 0.6) is 5.75 Å². The highest BCUT2D eigenvalue weighted by molar-refractivity contribution is 9.10. The number of halogens is 2. The lowest BCUT2D eigenvalue weighted by Crippen LogP contribution is -2.06. The van der Waals surface area contributed by atoms with Crippen molar-refractivity contribution in [3.8, 4) is 5.75 Å². The van der Waals surface area contributed by atoms with Crippen LogP contribution in [-0.4, -0.2) is 11.4 Å². The standard InChI is InChI=1S/C22H19BrFN3OS/c23-19-8-11-21(28-14-16-6-9-20(24)10-7-16)18(12-19)13-26-27-22(25)29-15-17-4-2-1-3-5-17/h1-13H,14-15H2,(H2,25,27). The van der Waals surface area contributed by atoms with E-state index < -0.39 is 0 Å². The van der Waals surface area contributed by atoms with Gasteiger partial charge in [-0.1, -0.05) is 70.2 Å². The maximum Gasteiger partial charge on any atom is 0.180 e. The van der Waals surface area contributed by atoms with Crippen LogP contribution in [0.4, 0.5) is 4.39 Å². The molecule has 0 aliphatic heterocycles. The van der Waals surface area contributed by atoms with Crippen molar-refractivity contribution in [3.05, 3.63) is 99.8 Å². The fraction of sp³-hybridized carbons (Fsp3) is 0.0909. The molecule has 3 aromatic carbocycles. The van der Waals surface area contributed by atoms with Gasteiger partial charge < -0.3 is 10.5 Å². The quantitative estimate of drug-likeness (QED) is 0.271. The summed E-state index contributed by atoms with van der Waals surface area (Å²) in [5.74, 6) is 1.10. The number of hydrogen-bond acceptors (Lipinski definition) is 4. The lowest BCUT2D eigenvalue weighted by atomic mass is 10.2. The zero-order valence-electron chi connectivity index (χ0n) is 15.5. The van der Waals surface area contributed by atoms with Crippen molar-refractivity contribution >= 4 is 39.1 Å². The number of thioether (sulfide) groups is 1. The van der Waals surface area contributed by atoms with Gasteiger partial charge in [0.25, 0.3) is 0 Å². The third kappa shape index (κ3) is 7.03. The minimum atomic E-state index is -0.272. The van der Waals surface area contributed by atoms with Crippen molar-refractivity contribution in [1.29, 1.82) is 0 Å². The molecule has 7 heteroatoms. The predicted octanol–water partition coefficient (Wildman–Crippen LogP) is 5.75. The normalized spacial score (nSPS) is 11.7. The topological polar surface area (TPSA) is 60.0 Å². The molecule has 0 atom stereocenters. The van der Waals surface area contributed by atoms with E-state index in [1.807, 2.05) is 48.5 Å². The molecule has 3 rings (SSSR count). The van der Waals surface area contributed by atoms with Crippen molar-refractivity contribution in [2.24, 2.45) is 15.9 Å². The second-order valence-corrected chi connectivity index (χ2v) is 7.97. The highest BCUT2D eigenvalue weighted by Crippen LogP contribution is 2.23. The zero-order chi connectivity index (χ0) is 20.5. The molecular weight excluding hydrogens is 453 g/mol. The summed E-state index contributed by atoms with van der Waals surface area (Å²) in [5, 5.41) is 8.52. The molecule has 0 radical (unpaired) electrons. The van der Waals surface area contributed by atoms with Gasteiger partial charge >= 0.3 is 0 Å². The minimum Gasteiger partial charge on any atom is -0.488 e. The monoisotopic (exact) mass is 471 g/mol. The van der Waals surface area contributed by atoms with Gasteiger partial charge in [0.2, 0.25) is 0 Å². The molecule has 148 valence electrons. The van der Waals surface area contributed by atoms with E-state index in [9.17, 15) is 4.39 Å². The van der Waals surface area contributed by atoms with E-state index >= 15 is 0 Å². The van der Waals surface area contributed by atoms with Gasteiger partial charge in [-0.05, 0) is 41.5 Å². The molecule has 4 nitrogen and oxygen atoms in total. The van der Waals surface area contributed by atoms with E-state index in [4.69, 9.17) is 10.5 Å². The average Bonchev–Trinajstić information content (AvgIpc) is 2.73. The van der Waals surface area contributed by atoms with Gasteiger partial charge in [-0.15, -0.1) is 5.10 Å². The summed E-state index contributed by atoms with van der Waals surface area (Å²) in [6, 6.07) is 21.8. The summed E-state index contributed by atoms with van der Waals surface area (Å²) in [7, 11) is 0. The van der Waals surface area contributed by atoms with Crippen LogP contribution in [0.3, 0.4) is 0 Å². The third-order valence-electron chi connectivity index (χ3n) is 3.86. The van der Waals surface area contributed by atoms with Crippen LogP contribution >= 0.6 is 27.7 Å². The molecule has 0 fully saturated rings. The Hall–Kier alpha value is -2.64. The highest BCUT2D eigenvalue weighted by atomic mass is 79.9. The Balaban J connectivity index is 1.62. The number of rotatable bonds is 7. The number of ether oxygens (including phenoxy) is 1. The third-order valence-corrected chi connectivity index (χ3v) is 5.21. The van der Waals surface area contributed by atoms with E-state index in [1.165, 1.54) is 29.5 Å². The Labute approximate surface area is 181 Å². The van der Waals surface area contributed by atoms with Crippen LogP contribution in [0.2, 0.25) is 0 Å². The molecule has 2 N–H and O–H groups in total. The number of nitrogens with two attached hydrogens (primary N) is 1. The first-order valence-corrected chi connectivity index (χ1v) is 10.6. The SMILES string of the molecule is NC(=NN=Cc1cc(Br)ccc1OCc1ccc(F)cc1)SCc1ccccc1. The summed E-state index contributed by atoms with van der Waals surface area (Å²) in [5.41, 5.74) is 8.73. The lowest BCUT2D eigenvalue weighted by molar-refractivity contribution is 0.305. The van der Waals surface area contributed by atoms with Gasteiger partial charge in [0, 0.05) is 15.8 Å². The number of hydrogen-bond donors (Lipinski definition) is 1. The molecule has 0 bridgehead atoms. The molecule has 0 aromatic heterocycles. The zero-order valence-corrected chi connectivity index (χ0v) is 17.9. The molecule has 3 aromatic rings. The van der Waals surface area contributed by atoms with Gasteiger partial charge in [0.1, 0.15) is 18.2 Å². The first kappa shape index (κ1) is 21.1. The predicted molar refractivity (Wildman–Crippen MR) is 122 cm³/mol.